The number of hydrogen-bond acceptors (Lipinski definition) is 8. The molecule has 26 heavy (non-hydrogen) atoms. The largest absolute Gasteiger partial charge is 0.433 e. The predicted molar refractivity (Wildman–Crippen MR) is 95.1 cm³/mol. The monoisotopic (exact) mass is 380 g/mol. The minimum Gasteiger partial charge on any atom is -0.433 e. The fourth-order valence-electron chi connectivity index (χ4n) is 2.55. The molecule has 0 fully saturated rings. The van der Waals surface area contributed by atoms with Gasteiger partial charge in [0.25, 0.3) is 0 Å². The van der Waals surface area contributed by atoms with Crippen molar-refractivity contribution < 1.29 is 40.2 Å². The third-order valence-electron chi connectivity index (χ3n) is 4.31. The summed E-state index contributed by atoms with van der Waals surface area (Å²) in [5.41, 5.74) is 0. The normalized spacial score (nSPS) is 17.3. The van der Waals surface area contributed by atoms with Gasteiger partial charge in [0.15, 0.2) is 0 Å². The van der Waals surface area contributed by atoms with E-state index in [2.05, 4.69) is 11.7 Å². The Bertz CT molecular complexity index is 352. The SMILES string of the molecule is CCCCCCCCCCCC(=O)OC(O)[C@H](O)[C@@H](O)[C@H](O)[C@H](O)CO. The number of carbonyl (C=O) groups is 1. The molecular weight excluding hydrogens is 344 g/mol. The van der Waals surface area contributed by atoms with Crippen molar-refractivity contribution in [1.29, 1.82) is 0 Å². The molecule has 8 heteroatoms. The van der Waals surface area contributed by atoms with Crippen LogP contribution in [0.1, 0.15) is 71.1 Å². The topological polar surface area (TPSA) is 148 Å². The van der Waals surface area contributed by atoms with Crippen LogP contribution < -0.4 is 0 Å². The van der Waals surface area contributed by atoms with Crippen LogP contribution in [0.2, 0.25) is 0 Å². The lowest BCUT2D eigenvalue weighted by molar-refractivity contribution is -0.213. The summed E-state index contributed by atoms with van der Waals surface area (Å²) < 4.78 is 4.62. The van der Waals surface area contributed by atoms with Gasteiger partial charge in [0.2, 0.25) is 6.29 Å². The Kier molecular flexibility index (Phi) is 14.9. The summed E-state index contributed by atoms with van der Waals surface area (Å²) in [7, 11) is 0. The number of ether oxygens (including phenoxy) is 1. The molecule has 0 aliphatic carbocycles. The van der Waals surface area contributed by atoms with Crippen molar-refractivity contribution in [3.8, 4) is 0 Å². The van der Waals surface area contributed by atoms with E-state index in [1.165, 1.54) is 32.1 Å². The molecule has 5 atom stereocenters. The van der Waals surface area contributed by atoms with E-state index < -0.39 is 43.3 Å². The smallest absolute Gasteiger partial charge is 0.308 e. The Morgan fingerprint density at radius 3 is 1.77 bits per heavy atom. The van der Waals surface area contributed by atoms with Crippen LogP contribution in [0.5, 0.6) is 0 Å². The van der Waals surface area contributed by atoms with Gasteiger partial charge in [-0.1, -0.05) is 58.3 Å². The number of aliphatic hydroxyl groups is 6. The number of carbonyl (C=O) groups excluding carboxylic acids is 1. The number of rotatable bonds is 16. The van der Waals surface area contributed by atoms with Crippen molar-refractivity contribution in [2.45, 2.75) is 102 Å². The van der Waals surface area contributed by atoms with Crippen LogP contribution in [0.4, 0.5) is 0 Å². The van der Waals surface area contributed by atoms with Crippen molar-refractivity contribution in [2.24, 2.45) is 0 Å². The molecule has 0 aromatic rings. The van der Waals surface area contributed by atoms with Crippen LogP contribution in [0.25, 0.3) is 0 Å². The summed E-state index contributed by atoms with van der Waals surface area (Å²) in [6.45, 7) is 1.34. The number of esters is 1. The molecule has 0 aliphatic rings. The highest BCUT2D eigenvalue weighted by Crippen LogP contribution is 2.13. The maximum Gasteiger partial charge on any atom is 0.308 e. The first-order chi connectivity index (χ1) is 12.3. The van der Waals surface area contributed by atoms with Gasteiger partial charge in [-0.2, -0.15) is 0 Å². The van der Waals surface area contributed by atoms with E-state index in [1.807, 2.05) is 0 Å². The molecule has 0 saturated carbocycles. The minimum atomic E-state index is -2.03. The van der Waals surface area contributed by atoms with E-state index in [4.69, 9.17) is 5.11 Å². The number of aliphatic hydroxyl groups excluding tert-OH is 6. The fraction of sp³-hybridized carbons (Fsp3) is 0.944. The van der Waals surface area contributed by atoms with Gasteiger partial charge >= 0.3 is 5.97 Å². The van der Waals surface area contributed by atoms with Gasteiger partial charge in [0.1, 0.15) is 24.4 Å². The highest BCUT2D eigenvalue weighted by Gasteiger charge is 2.35. The lowest BCUT2D eigenvalue weighted by Gasteiger charge is -2.28. The van der Waals surface area contributed by atoms with Crippen LogP contribution in [0.15, 0.2) is 0 Å². The molecular formula is C18H36O8. The van der Waals surface area contributed by atoms with Crippen LogP contribution in [0.3, 0.4) is 0 Å². The Labute approximate surface area is 155 Å². The summed E-state index contributed by atoms with van der Waals surface area (Å²) in [6.07, 6.45) is 0.284. The number of hydrogen-bond donors (Lipinski definition) is 6. The molecule has 0 bridgehead atoms. The van der Waals surface area contributed by atoms with E-state index in [0.717, 1.165) is 19.3 Å². The summed E-state index contributed by atoms with van der Waals surface area (Å²) in [4.78, 5) is 11.6. The summed E-state index contributed by atoms with van der Waals surface area (Å²) in [6, 6.07) is 0. The Morgan fingerprint density at radius 1 is 0.769 bits per heavy atom. The molecule has 0 aromatic carbocycles. The molecule has 0 aromatic heterocycles. The molecule has 0 heterocycles. The lowest BCUT2D eigenvalue weighted by atomic mass is 10.0. The molecule has 0 saturated heterocycles. The average Bonchev–Trinajstić information content (AvgIpc) is 2.63. The van der Waals surface area contributed by atoms with E-state index in [1.54, 1.807) is 0 Å². The van der Waals surface area contributed by atoms with Gasteiger partial charge in [0, 0.05) is 6.42 Å². The predicted octanol–water partition coefficient (Wildman–Crippen LogP) is 0.205. The maximum atomic E-state index is 11.6. The van der Waals surface area contributed by atoms with Crippen LogP contribution in [0, 0.1) is 0 Å². The zero-order chi connectivity index (χ0) is 19.9. The first-order valence-corrected chi connectivity index (χ1v) is 9.55. The molecule has 0 radical (unpaired) electrons. The standard InChI is InChI=1S/C18H36O8/c1-2-3-4-5-6-7-8-9-10-11-14(21)26-18(25)17(24)16(23)15(22)13(20)12-19/h13,15-20,22-25H,2-12H2,1H3/t13-,15-,16+,17-,18?/m1/s1. The van der Waals surface area contributed by atoms with Gasteiger partial charge in [-0.3, -0.25) is 4.79 Å². The van der Waals surface area contributed by atoms with Crippen molar-refractivity contribution in [3.05, 3.63) is 0 Å². The molecule has 0 amide bonds. The third kappa shape index (κ3) is 11.1. The van der Waals surface area contributed by atoms with Gasteiger partial charge in [0.05, 0.1) is 6.61 Å². The molecule has 1 unspecified atom stereocenters. The van der Waals surface area contributed by atoms with Crippen LogP contribution in [-0.2, 0) is 9.53 Å². The fourth-order valence-corrected chi connectivity index (χ4v) is 2.55. The molecule has 156 valence electrons. The van der Waals surface area contributed by atoms with Crippen molar-refractivity contribution >= 4 is 5.97 Å². The average molecular weight is 380 g/mol. The zero-order valence-electron chi connectivity index (χ0n) is 15.7. The third-order valence-corrected chi connectivity index (χ3v) is 4.31. The second kappa shape index (κ2) is 15.3. The zero-order valence-corrected chi connectivity index (χ0v) is 15.7. The Balaban J connectivity index is 3.87. The number of unbranched alkanes of at least 4 members (excludes halogenated alkanes) is 8. The molecule has 0 aliphatic heterocycles. The van der Waals surface area contributed by atoms with Gasteiger partial charge in [-0.15, -0.1) is 0 Å². The Hall–Kier alpha value is -0.770. The van der Waals surface area contributed by atoms with E-state index in [-0.39, 0.29) is 6.42 Å². The maximum absolute atomic E-state index is 11.6. The van der Waals surface area contributed by atoms with Crippen LogP contribution in [-0.4, -0.2) is 73.9 Å². The highest BCUT2D eigenvalue weighted by molar-refractivity contribution is 5.69. The van der Waals surface area contributed by atoms with E-state index in [0.29, 0.717) is 6.42 Å². The van der Waals surface area contributed by atoms with Crippen molar-refractivity contribution in [3.63, 3.8) is 0 Å². The highest BCUT2D eigenvalue weighted by atomic mass is 16.6. The van der Waals surface area contributed by atoms with Gasteiger partial charge in [-0.25, -0.2) is 0 Å². The van der Waals surface area contributed by atoms with Crippen molar-refractivity contribution in [2.75, 3.05) is 6.61 Å². The second-order valence-corrected chi connectivity index (χ2v) is 6.68. The molecule has 0 rings (SSSR count). The summed E-state index contributed by atoms with van der Waals surface area (Å²) >= 11 is 0. The first kappa shape index (κ1) is 25.2. The van der Waals surface area contributed by atoms with Gasteiger partial charge < -0.3 is 35.4 Å². The quantitative estimate of drug-likeness (QED) is 0.126. The molecule has 6 N–H and O–H groups in total. The summed E-state index contributed by atoms with van der Waals surface area (Å²) in [5, 5.41) is 56.2. The van der Waals surface area contributed by atoms with Crippen LogP contribution >= 0.6 is 0 Å². The Morgan fingerprint density at radius 2 is 1.27 bits per heavy atom. The van der Waals surface area contributed by atoms with Crippen molar-refractivity contribution in [1.82, 2.24) is 0 Å². The van der Waals surface area contributed by atoms with E-state index in [9.17, 15) is 30.3 Å². The molecule has 0 spiro atoms. The van der Waals surface area contributed by atoms with E-state index >= 15 is 0 Å². The second-order valence-electron chi connectivity index (χ2n) is 6.68. The lowest BCUT2D eigenvalue weighted by Crippen LogP contribution is -2.50. The first-order valence-electron chi connectivity index (χ1n) is 9.55. The minimum absolute atomic E-state index is 0.0809. The van der Waals surface area contributed by atoms with Gasteiger partial charge in [-0.05, 0) is 6.42 Å². The summed E-state index contributed by atoms with van der Waals surface area (Å²) in [5.74, 6) is -0.719. The molecule has 8 nitrogen and oxygen atoms in total.